The lowest BCUT2D eigenvalue weighted by atomic mass is 10.2. The zero-order chi connectivity index (χ0) is 11.8. The van der Waals surface area contributed by atoms with Gasteiger partial charge < -0.3 is 5.73 Å². The van der Waals surface area contributed by atoms with Gasteiger partial charge >= 0.3 is 0 Å². The molecule has 0 spiro atoms. The monoisotopic (exact) mass is 228 g/mol. The summed E-state index contributed by atoms with van der Waals surface area (Å²) in [6.45, 7) is 0. The lowest BCUT2D eigenvalue weighted by Crippen LogP contribution is -1.99. The van der Waals surface area contributed by atoms with Crippen molar-refractivity contribution in [3.8, 4) is 5.69 Å². The minimum Gasteiger partial charge on any atom is -0.399 e. The van der Waals surface area contributed by atoms with E-state index in [0.717, 1.165) is 5.39 Å². The van der Waals surface area contributed by atoms with E-state index in [1.54, 1.807) is 18.5 Å². The van der Waals surface area contributed by atoms with E-state index < -0.39 is 0 Å². The normalized spacial score (nSPS) is 10.9. The summed E-state index contributed by atoms with van der Waals surface area (Å²) in [5.41, 5.74) is 7.03. The van der Waals surface area contributed by atoms with Crippen molar-refractivity contribution in [2.24, 2.45) is 0 Å². The van der Waals surface area contributed by atoms with Crippen LogP contribution in [0.2, 0.25) is 0 Å². The quantitative estimate of drug-likeness (QED) is 0.649. The highest BCUT2D eigenvalue weighted by Gasteiger charge is 2.08. The molecule has 4 nitrogen and oxygen atoms in total. The molecule has 0 amide bonds. The molecule has 84 valence electrons. The summed E-state index contributed by atoms with van der Waals surface area (Å²) in [6, 6.07) is 8.06. The van der Waals surface area contributed by atoms with Crippen LogP contribution in [-0.4, -0.2) is 14.8 Å². The van der Waals surface area contributed by atoms with Crippen molar-refractivity contribution in [2.45, 2.75) is 0 Å². The van der Waals surface area contributed by atoms with Crippen LogP contribution < -0.4 is 5.73 Å². The first-order valence-electron chi connectivity index (χ1n) is 5.10. The molecule has 3 rings (SSSR count). The molecule has 0 saturated carbocycles. The highest BCUT2D eigenvalue weighted by atomic mass is 19.1. The molecule has 2 aromatic heterocycles. The molecule has 0 aliphatic heterocycles. The minimum atomic E-state index is -0.369. The maximum absolute atomic E-state index is 13.6. The van der Waals surface area contributed by atoms with E-state index in [9.17, 15) is 4.39 Å². The number of nitrogen functional groups attached to an aromatic ring is 1. The fourth-order valence-electron chi connectivity index (χ4n) is 1.69. The van der Waals surface area contributed by atoms with Crippen molar-refractivity contribution in [1.29, 1.82) is 0 Å². The van der Waals surface area contributed by atoms with Crippen molar-refractivity contribution in [1.82, 2.24) is 14.8 Å². The summed E-state index contributed by atoms with van der Waals surface area (Å²) in [7, 11) is 0. The molecule has 0 unspecified atom stereocenters. The van der Waals surface area contributed by atoms with Gasteiger partial charge in [-0.3, -0.25) is 0 Å². The van der Waals surface area contributed by atoms with Gasteiger partial charge in [0.25, 0.3) is 0 Å². The Kier molecular flexibility index (Phi) is 2.04. The van der Waals surface area contributed by atoms with E-state index >= 15 is 0 Å². The number of pyridine rings is 1. The van der Waals surface area contributed by atoms with Gasteiger partial charge in [0, 0.05) is 23.5 Å². The third kappa shape index (κ3) is 1.61. The Morgan fingerprint density at radius 3 is 2.94 bits per heavy atom. The number of hydrogen-bond donors (Lipinski definition) is 1. The lowest BCUT2D eigenvalue weighted by molar-refractivity contribution is 0.612. The van der Waals surface area contributed by atoms with E-state index in [1.807, 2.05) is 12.1 Å². The first-order valence-corrected chi connectivity index (χ1v) is 5.10. The van der Waals surface area contributed by atoms with Gasteiger partial charge in [0.1, 0.15) is 11.5 Å². The van der Waals surface area contributed by atoms with Crippen molar-refractivity contribution >= 4 is 16.7 Å². The second-order valence-corrected chi connectivity index (χ2v) is 3.70. The van der Waals surface area contributed by atoms with Crippen LogP contribution in [0.25, 0.3) is 16.7 Å². The van der Waals surface area contributed by atoms with Crippen molar-refractivity contribution < 1.29 is 4.39 Å². The lowest BCUT2D eigenvalue weighted by Gasteiger charge is -2.03. The molecular weight excluding hydrogens is 219 g/mol. The van der Waals surface area contributed by atoms with E-state index in [1.165, 1.54) is 16.8 Å². The highest BCUT2D eigenvalue weighted by molar-refractivity contribution is 5.74. The molecule has 2 heterocycles. The fraction of sp³-hybridized carbons (Fsp3) is 0. The summed E-state index contributed by atoms with van der Waals surface area (Å²) < 4.78 is 15.1. The van der Waals surface area contributed by atoms with Crippen LogP contribution in [0.3, 0.4) is 0 Å². The smallest absolute Gasteiger partial charge is 0.181 e. The van der Waals surface area contributed by atoms with Crippen LogP contribution in [0.1, 0.15) is 0 Å². The van der Waals surface area contributed by atoms with Gasteiger partial charge in [-0.1, -0.05) is 0 Å². The number of nitrogens with two attached hydrogens (primary N) is 1. The van der Waals surface area contributed by atoms with Gasteiger partial charge in [0.2, 0.25) is 0 Å². The van der Waals surface area contributed by atoms with E-state index in [4.69, 9.17) is 5.73 Å². The SMILES string of the molecule is Nc1ccc(F)c(-n2cc3cccnc3n2)c1. The van der Waals surface area contributed by atoms with Gasteiger partial charge in [-0.05, 0) is 30.3 Å². The third-order valence-electron chi connectivity index (χ3n) is 2.50. The van der Waals surface area contributed by atoms with E-state index in [0.29, 0.717) is 17.0 Å². The molecule has 0 aliphatic carbocycles. The van der Waals surface area contributed by atoms with Crippen LogP contribution in [0.15, 0.2) is 42.7 Å². The first-order chi connectivity index (χ1) is 8.24. The second-order valence-electron chi connectivity index (χ2n) is 3.70. The average Bonchev–Trinajstić information content (AvgIpc) is 2.75. The Bertz CT molecular complexity index is 657. The molecule has 0 atom stereocenters. The number of benzene rings is 1. The number of aromatic nitrogens is 3. The Balaban J connectivity index is 2.23. The Hall–Kier alpha value is -2.43. The van der Waals surface area contributed by atoms with Crippen molar-refractivity contribution in [3.63, 3.8) is 0 Å². The zero-order valence-corrected chi connectivity index (χ0v) is 8.84. The van der Waals surface area contributed by atoms with Crippen LogP contribution in [0.5, 0.6) is 0 Å². The number of nitrogens with zero attached hydrogens (tertiary/aromatic N) is 3. The number of rotatable bonds is 1. The number of anilines is 1. The number of fused-ring (bicyclic) bond motifs is 1. The van der Waals surface area contributed by atoms with Crippen molar-refractivity contribution in [2.75, 3.05) is 5.73 Å². The second kappa shape index (κ2) is 3.55. The van der Waals surface area contributed by atoms with Gasteiger partial charge in [0.15, 0.2) is 5.65 Å². The highest BCUT2D eigenvalue weighted by Crippen LogP contribution is 2.18. The molecule has 0 saturated heterocycles. The molecule has 0 radical (unpaired) electrons. The Morgan fingerprint density at radius 2 is 2.12 bits per heavy atom. The van der Waals surface area contributed by atoms with Crippen LogP contribution in [0, 0.1) is 5.82 Å². The van der Waals surface area contributed by atoms with E-state index in [-0.39, 0.29) is 5.82 Å². The molecule has 0 aliphatic rings. The third-order valence-corrected chi connectivity index (χ3v) is 2.50. The van der Waals surface area contributed by atoms with Gasteiger partial charge in [-0.25, -0.2) is 14.1 Å². The average molecular weight is 228 g/mol. The summed E-state index contributed by atoms with van der Waals surface area (Å²) in [6.07, 6.45) is 3.37. The topological polar surface area (TPSA) is 56.7 Å². The van der Waals surface area contributed by atoms with Crippen LogP contribution in [-0.2, 0) is 0 Å². The molecule has 2 N–H and O–H groups in total. The standard InChI is InChI=1S/C12H9FN4/c13-10-4-3-9(14)6-11(10)17-7-8-2-1-5-15-12(8)16-17/h1-7H,14H2. The molecule has 1 aromatic carbocycles. The molecule has 0 fully saturated rings. The van der Waals surface area contributed by atoms with Crippen LogP contribution in [0.4, 0.5) is 10.1 Å². The van der Waals surface area contributed by atoms with E-state index in [2.05, 4.69) is 10.1 Å². The summed E-state index contributed by atoms with van der Waals surface area (Å²) >= 11 is 0. The Morgan fingerprint density at radius 1 is 1.24 bits per heavy atom. The van der Waals surface area contributed by atoms with Gasteiger partial charge in [-0.2, -0.15) is 0 Å². The number of halogens is 1. The fourth-order valence-corrected chi connectivity index (χ4v) is 1.69. The largest absolute Gasteiger partial charge is 0.399 e. The maximum atomic E-state index is 13.6. The Labute approximate surface area is 96.5 Å². The predicted molar refractivity (Wildman–Crippen MR) is 63.2 cm³/mol. The van der Waals surface area contributed by atoms with Gasteiger partial charge in [0.05, 0.1) is 0 Å². The van der Waals surface area contributed by atoms with Crippen molar-refractivity contribution in [3.05, 3.63) is 48.5 Å². The van der Waals surface area contributed by atoms with Gasteiger partial charge in [-0.15, -0.1) is 5.10 Å². The predicted octanol–water partition coefficient (Wildman–Crippen LogP) is 2.14. The molecule has 17 heavy (non-hydrogen) atoms. The number of hydrogen-bond acceptors (Lipinski definition) is 3. The molecule has 5 heteroatoms. The maximum Gasteiger partial charge on any atom is 0.181 e. The summed E-state index contributed by atoms with van der Waals surface area (Å²) in [5, 5.41) is 5.05. The minimum absolute atomic E-state index is 0.322. The molecule has 0 bridgehead atoms. The molecular formula is C12H9FN4. The summed E-state index contributed by atoms with van der Waals surface area (Å²) in [4.78, 5) is 4.09. The zero-order valence-electron chi connectivity index (χ0n) is 8.84. The van der Waals surface area contributed by atoms with Crippen LogP contribution >= 0.6 is 0 Å². The summed E-state index contributed by atoms with van der Waals surface area (Å²) in [5.74, 6) is -0.369. The first kappa shape index (κ1) is 9.77. The molecule has 3 aromatic rings.